The normalized spacial score (nSPS) is 22.0. The highest BCUT2D eigenvalue weighted by Crippen LogP contribution is 2.08. The van der Waals surface area contributed by atoms with Gasteiger partial charge in [0.15, 0.2) is 0 Å². The summed E-state index contributed by atoms with van der Waals surface area (Å²) in [5.41, 5.74) is 40.2. The van der Waals surface area contributed by atoms with Gasteiger partial charge < -0.3 is 56.1 Å². The van der Waals surface area contributed by atoms with Crippen LogP contribution in [-0.4, -0.2) is 303 Å². The van der Waals surface area contributed by atoms with Crippen molar-refractivity contribution in [3.8, 4) is 0 Å². The summed E-state index contributed by atoms with van der Waals surface area (Å²) in [4.78, 5) is 22.1. The van der Waals surface area contributed by atoms with Gasteiger partial charge in [-0.05, 0) is 69.5 Å². The third-order valence-corrected chi connectivity index (χ3v) is 12.3. The largest absolute Gasteiger partial charge is 0.329 e. The smallest absolute Gasteiger partial charge is 0.0226 e. The van der Waals surface area contributed by atoms with Crippen molar-refractivity contribution in [1.82, 2.24) is 60.0 Å². The molecule has 5 saturated heterocycles. The second kappa shape index (κ2) is 36.2. The van der Waals surface area contributed by atoms with Crippen molar-refractivity contribution in [2.45, 2.75) is 84.1 Å². The molecule has 17 N–H and O–H groups in total. The Morgan fingerprint density at radius 2 is 0.642 bits per heavy atom. The van der Waals surface area contributed by atoms with E-state index in [1.54, 1.807) is 0 Å². The lowest BCUT2D eigenvalue weighted by atomic mass is 10.1. The molecular formula is C48H115N19. The second-order valence-corrected chi connectivity index (χ2v) is 22.3. The van der Waals surface area contributed by atoms with E-state index in [-0.39, 0.29) is 22.7 Å². The van der Waals surface area contributed by atoms with Crippen LogP contribution in [-0.2, 0) is 0 Å². The molecule has 19 nitrogen and oxygen atoms in total. The van der Waals surface area contributed by atoms with Crippen LogP contribution in [0.15, 0.2) is 0 Å². The summed E-state index contributed by atoms with van der Waals surface area (Å²) in [6, 6.07) is 0.573. The van der Waals surface area contributed by atoms with Gasteiger partial charge in [0.1, 0.15) is 0 Å². The van der Waals surface area contributed by atoms with Crippen LogP contribution in [0.1, 0.15) is 55.4 Å². The Bertz CT molecular complexity index is 1090. The molecule has 5 heterocycles. The fourth-order valence-electron chi connectivity index (χ4n) is 9.05. The van der Waals surface area contributed by atoms with Crippen LogP contribution < -0.4 is 56.1 Å². The minimum Gasteiger partial charge on any atom is -0.329 e. The van der Waals surface area contributed by atoms with Gasteiger partial charge in [-0.15, -0.1) is 0 Å². The van der Waals surface area contributed by atoms with Crippen molar-refractivity contribution in [2.24, 2.45) is 40.1 Å². The molecule has 5 aliphatic rings. The van der Waals surface area contributed by atoms with Crippen molar-refractivity contribution >= 4 is 0 Å². The Morgan fingerprint density at radius 3 is 0.881 bits per heavy atom. The van der Waals surface area contributed by atoms with Gasteiger partial charge in [0.2, 0.25) is 0 Å². The molecule has 19 heteroatoms. The number of nitrogens with one attached hydrogen (secondary N) is 3. The number of likely N-dealkylation sites (N-methyl/N-ethyl adjacent to an activating group) is 2. The topological polar surface area (TPSA) is 247 Å². The molecule has 0 aromatic carbocycles. The zero-order valence-corrected chi connectivity index (χ0v) is 45.6. The third kappa shape index (κ3) is 36.8. The number of rotatable bonds is 20. The van der Waals surface area contributed by atoms with Crippen molar-refractivity contribution in [3.63, 3.8) is 0 Å². The molecule has 0 amide bonds. The summed E-state index contributed by atoms with van der Waals surface area (Å²) < 4.78 is 0. The molecule has 402 valence electrons. The molecule has 2 atom stereocenters. The summed E-state index contributed by atoms with van der Waals surface area (Å²) in [6.07, 6.45) is 0. The molecule has 0 bridgehead atoms. The first-order valence-electron chi connectivity index (χ1n) is 26.3. The molecule has 0 radical (unpaired) electrons. The summed E-state index contributed by atoms with van der Waals surface area (Å²) >= 11 is 0. The van der Waals surface area contributed by atoms with Crippen LogP contribution in [0.4, 0.5) is 0 Å². The minimum atomic E-state index is -0.0800. The maximum Gasteiger partial charge on any atom is 0.0226 e. The van der Waals surface area contributed by atoms with Gasteiger partial charge in [-0.1, -0.05) is 0 Å². The highest BCUT2D eigenvalue weighted by molar-refractivity contribution is 4.83. The van der Waals surface area contributed by atoms with E-state index in [9.17, 15) is 0 Å². The van der Waals surface area contributed by atoms with E-state index in [1.807, 2.05) is 14.1 Å². The maximum atomic E-state index is 6.01. The molecule has 5 fully saturated rings. The lowest BCUT2D eigenvalue weighted by Crippen LogP contribution is -2.54. The van der Waals surface area contributed by atoms with E-state index < -0.39 is 0 Å². The molecule has 0 aliphatic carbocycles. The number of piperazine rings is 5. The van der Waals surface area contributed by atoms with Crippen LogP contribution in [0.2, 0.25) is 0 Å². The van der Waals surface area contributed by atoms with Gasteiger partial charge in [0.25, 0.3) is 0 Å². The molecule has 0 spiro atoms. The Kier molecular flexibility index (Phi) is 34.7. The SMILES string of the molecule is CC(C)(N)CN1CCN(CCN)CC1.CC(C)(N)CN1CCNCC1.CC(N)CN1CCN(CC(C)(C)N)CC1.CC(N)CN1CCN(CCN)CC1.CNCCN1CCN(CCNC)CC1. The van der Waals surface area contributed by atoms with Crippen LogP contribution in [0.25, 0.3) is 0 Å². The first-order valence-corrected chi connectivity index (χ1v) is 26.3. The van der Waals surface area contributed by atoms with Gasteiger partial charge in [0.05, 0.1) is 0 Å². The zero-order chi connectivity index (χ0) is 50.3. The molecule has 2 unspecified atom stereocenters. The number of nitrogens with zero attached hydrogens (tertiary/aromatic N) is 9. The van der Waals surface area contributed by atoms with Crippen molar-refractivity contribution in [2.75, 3.05) is 230 Å². The van der Waals surface area contributed by atoms with Gasteiger partial charge in [-0.3, -0.25) is 44.1 Å². The summed E-state index contributed by atoms with van der Waals surface area (Å²) in [5.74, 6) is 0. The molecule has 0 saturated carbocycles. The monoisotopic (exact) mass is 958 g/mol. The van der Waals surface area contributed by atoms with E-state index in [1.165, 1.54) is 39.3 Å². The number of hydrogen-bond acceptors (Lipinski definition) is 19. The zero-order valence-electron chi connectivity index (χ0n) is 45.6. The van der Waals surface area contributed by atoms with Crippen LogP contribution >= 0.6 is 0 Å². The number of hydrogen-bond donors (Lipinski definition) is 10. The Morgan fingerprint density at radius 1 is 0.403 bits per heavy atom. The average molecular weight is 959 g/mol. The summed E-state index contributed by atoms with van der Waals surface area (Å²) in [7, 11) is 4.03. The Balaban J connectivity index is 0.000000420. The maximum absolute atomic E-state index is 6.01. The molecule has 67 heavy (non-hydrogen) atoms. The lowest BCUT2D eigenvalue weighted by Gasteiger charge is -2.38. The predicted octanol–water partition coefficient (Wildman–Crippen LogP) is -3.43. The highest BCUT2D eigenvalue weighted by Gasteiger charge is 2.24. The molecule has 0 aromatic heterocycles. The van der Waals surface area contributed by atoms with Crippen LogP contribution in [0.3, 0.4) is 0 Å². The van der Waals surface area contributed by atoms with Gasteiger partial charge >= 0.3 is 0 Å². The minimum absolute atomic E-state index is 0.0443. The van der Waals surface area contributed by atoms with E-state index in [0.717, 1.165) is 177 Å². The van der Waals surface area contributed by atoms with Crippen molar-refractivity contribution < 1.29 is 0 Å². The molecular weight excluding hydrogens is 843 g/mol. The quantitative estimate of drug-likeness (QED) is 0.0571. The second-order valence-electron chi connectivity index (χ2n) is 22.3. The molecule has 5 aliphatic heterocycles. The third-order valence-electron chi connectivity index (χ3n) is 12.3. The van der Waals surface area contributed by atoms with Crippen LogP contribution in [0, 0.1) is 0 Å². The standard InChI is InChI=1S/C11H26N4.2C10H24N4.C9H22N4.C8H19N3/c1-10(12)8-14-4-6-15(7-5-14)9-11(2,3)13;1-11-3-5-13-7-9-14(10-8-13)6-4-12-2;1-10(2,12)9-14-7-5-13(4-3-11)6-8-14;1-9(11)8-13-6-4-12(3-2-10)5-7-13;1-8(2,9)7-11-5-3-10-4-6-11/h10H,4-9,12-13H2,1-3H3;11-12H,3-10H2,1-2H3;3-9,11-12H2,1-2H3;9H,2-8,10-11H2,1H3;10H,3-7,9H2,1-2H3. The van der Waals surface area contributed by atoms with Crippen LogP contribution in [0.5, 0.6) is 0 Å². The Hall–Kier alpha value is -0.760. The van der Waals surface area contributed by atoms with E-state index in [4.69, 9.17) is 40.1 Å². The number of nitrogens with two attached hydrogens (primary N) is 7. The first-order chi connectivity index (χ1) is 31.5. The lowest BCUT2D eigenvalue weighted by molar-refractivity contribution is 0.113. The van der Waals surface area contributed by atoms with Gasteiger partial charge in [0, 0.05) is 245 Å². The molecule has 0 aromatic rings. The van der Waals surface area contributed by atoms with E-state index in [0.29, 0.717) is 6.04 Å². The van der Waals surface area contributed by atoms with Crippen molar-refractivity contribution in [3.05, 3.63) is 0 Å². The predicted molar refractivity (Wildman–Crippen MR) is 289 cm³/mol. The Labute approximate surface area is 413 Å². The first kappa shape index (κ1) is 64.3. The summed E-state index contributed by atoms with van der Waals surface area (Å²) in [6.45, 7) is 52.8. The van der Waals surface area contributed by atoms with E-state index >= 15 is 0 Å². The summed E-state index contributed by atoms with van der Waals surface area (Å²) in [5, 5.41) is 9.71. The highest BCUT2D eigenvalue weighted by atomic mass is 15.3. The fraction of sp³-hybridized carbons (Fsp3) is 1.00. The van der Waals surface area contributed by atoms with E-state index in [2.05, 4.69) is 115 Å². The fourth-order valence-corrected chi connectivity index (χ4v) is 9.05. The molecule has 5 rings (SSSR count). The van der Waals surface area contributed by atoms with Gasteiger partial charge in [-0.2, -0.15) is 0 Å². The average Bonchev–Trinajstić information content (AvgIpc) is 3.24. The van der Waals surface area contributed by atoms with Gasteiger partial charge in [-0.25, -0.2) is 0 Å². The van der Waals surface area contributed by atoms with Crippen molar-refractivity contribution in [1.29, 1.82) is 0 Å².